The van der Waals surface area contributed by atoms with E-state index in [2.05, 4.69) is 12.1 Å². The molecule has 2 aromatic rings. The van der Waals surface area contributed by atoms with Gasteiger partial charge >= 0.3 is 6.09 Å². The zero-order valence-corrected chi connectivity index (χ0v) is 24.5. The molecule has 0 radical (unpaired) electrons. The summed E-state index contributed by atoms with van der Waals surface area (Å²) in [5.74, 6) is 0.0376. The van der Waals surface area contributed by atoms with Gasteiger partial charge in [0.2, 0.25) is 5.91 Å². The SMILES string of the molecule is COCCCN1C(=O)COc2ccc(N(C(=O)[C@H]3CN(C(=O)OC(C)(C)C)CC[C@@H]3c3ccccc3)C3CC3)cc21. The van der Waals surface area contributed by atoms with Crippen molar-refractivity contribution < 1.29 is 28.6 Å². The van der Waals surface area contributed by atoms with E-state index in [4.69, 9.17) is 14.2 Å². The van der Waals surface area contributed by atoms with Gasteiger partial charge in [-0.2, -0.15) is 0 Å². The Morgan fingerprint density at radius 2 is 1.83 bits per heavy atom. The Labute approximate surface area is 242 Å². The second kappa shape index (κ2) is 12.1. The molecule has 1 saturated heterocycles. The summed E-state index contributed by atoms with van der Waals surface area (Å²) in [5, 5.41) is 0. The van der Waals surface area contributed by atoms with Crippen molar-refractivity contribution in [3.63, 3.8) is 0 Å². The van der Waals surface area contributed by atoms with Gasteiger partial charge in [0.25, 0.3) is 5.91 Å². The molecular weight excluding hydrogens is 522 g/mol. The maximum atomic E-state index is 14.6. The molecule has 220 valence electrons. The summed E-state index contributed by atoms with van der Waals surface area (Å²) in [7, 11) is 1.64. The summed E-state index contributed by atoms with van der Waals surface area (Å²) in [6, 6.07) is 15.8. The largest absolute Gasteiger partial charge is 0.482 e. The lowest BCUT2D eigenvalue weighted by Gasteiger charge is -2.40. The molecule has 3 aliphatic rings. The molecule has 41 heavy (non-hydrogen) atoms. The molecule has 0 aromatic heterocycles. The van der Waals surface area contributed by atoms with Gasteiger partial charge in [-0.05, 0) is 76.1 Å². The van der Waals surface area contributed by atoms with Crippen LogP contribution in [-0.2, 0) is 19.1 Å². The van der Waals surface area contributed by atoms with Crippen molar-refractivity contribution in [2.45, 2.75) is 64.0 Å². The minimum absolute atomic E-state index is 0.00801. The summed E-state index contributed by atoms with van der Waals surface area (Å²) in [5.41, 5.74) is 1.89. The highest BCUT2D eigenvalue weighted by Gasteiger charge is 2.44. The van der Waals surface area contributed by atoms with Gasteiger partial charge in [-0.15, -0.1) is 0 Å². The van der Waals surface area contributed by atoms with Crippen LogP contribution >= 0.6 is 0 Å². The quantitative estimate of drug-likeness (QED) is 0.421. The van der Waals surface area contributed by atoms with Gasteiger partial charge in [-0.3, -0.25) is 9.59 Å². The van der Waals surface area contributed by atoms with Crippen molar-refractivity contribution in [3.8, 4) is 5.75 Å². The van der Waals surface area contributed by atoms with E-state index in [0.29, 0.717) is 44.0 Å². The van der Waals surface area contributed by atoms with Gasteiger partial charge in [0.05, 0.1) is 11.6 Å². The van der Waals surface area contributed by atoms with Crippen LogP contribution in [0.15, 0.2) is 48.5 Å². The van der Waals surface area contributed by atoms with Gasteiger partial charge in [-0.25, -0.2) is 4.79 Å². The highest BCUT2D eigenvalue weighted by molar-refractivity contribution is 6.01. The van der Waals surface area contributed by atoms with Gasteiger partial charge in [0, 0.05) is 45.1 Å². The van der Waals surface area contributed by atoms with Crippen LogP contribution in [0.3, 0.4) is 0 Å². The molecule has 3 amide bonds. The Morgan fingerprint density at radius 1 is 1.07 bits per heavy atom. The Bertz CT molecular complexity index is 1260. The number of hydrogen-bond donors (Lipinski definition) is 0. The lowest BCUT2D eigenvalue weighted by molar-refractivity contribution is -0.124. The van der Waals surface area contributed by atoms with Gasteiger partial charge < -0.3 is 28.9 Å². The fourth-order valence-electron chi connectivity index (χ4n) is 5.78. The Kier molecular flexibility index (Phi) is 8.54. The van der Waals surface area contributed by atoms with Gasteiger partial charge in [0.1, 0.15) is 11.4 Å². The molecule has 2 fully saturated rings. The molecule has 1 saturated carbocycles. The number of amides is 3. The zero-order chi connectivity index (χ0) is 29.1. The Hall–Kier alpha value is -3.59. The first-order valence-electron chi connectivity index (χ1n) is 14.6. The third kappa shape index (κ3) is 6.67. The molecule has 0 spiro atoms. The molecule has 9 nitrogen and oxygen atoms in total. The number of anilines is 2. The van der Waals surface area contributed by atoms with E-state index in [1.54, 1.807) is 16.9 Å². The van der Waals surface area contributed by atoms with Crippen molar-refractivity contribution in [3.05, 3.63) is 54.1 Å². The summed E-state index contributed by atoms with van der Waals surface area (Å²) < 4.78 is 16.6. The van der Waals surface area contributed by atoms with Crippen LogP contribution in [0.2, 0.25) is 0 Å². The maximum absolute atomic E-state index is 14.6. The van der Waals surface area contributed by atoms with Crippen LogP contribution in [-0.4, -0.2) is 74.4 Å². The third-order valence-electron chi connectivity index (χ3n) is 7.85. The lowest BCUT2D eigenvalue weighted by atomic mass is 9.79. The number of methoxy groups -OCH3 is 1. The minimum atomic E-state index is -0.620. The number of nitrogens with zero attached hydrogens (tertiary/aromatic N) is 3. The monoisotopic (exact) mass is 563 g/mol. The number of ether oxygens (including phenoxy) is 3. The van der Waals surface area contributed by atoms with Crippen molar-refractivity contribution in [2.24, 2.45) is 5.92 Å². The van der Waals surface area contributed by atoms with Crippen molar-refractivity contribution in [2.75, 3.05) is 49.8 Å². The molecule has 5 rings (SSSR count). The van der Waals surface area contributed by atoms with E-state index in [1.165, 1.54) is 0 Å². The number of likely N-dealkylation sites (tertiary alicyclic amines) is 1. The standard InChI is InChI=1S/C32H41N3O6/c1-32(2,3)41-31(38)33-17-15-25(22-9-6-5-7-10-22)26(20-33)30(37)35(23-11-12-23)24-13-14-28-27(19-24)34(16-8-18-39-4)29(36)21-40-28/h5-7,9-10,13-14,19,23,25-26H,8,11-12,15-18,20-21H2,1-4H3/t25-,26+/m1/s1. The van der Waals surface area contributed by atoms with Crippen LogP contribution in [0.4, 0.5) is 16.2 Å². The number of hydrogen-bond acceptors (Lipinski definition) is 6. The maximum Gasteiger partial charge on any atom is 0.410 e. The Balaban J connectivity index is 1.46. The number of fused-ring (bicyclic) bond motifs is 1. The topological polar surface area (TPSA) is 88.6 Å². The zero-order valence-electron chi connectivity index (χ0n) is 24.5. The van der Waals surface area contributed by atoms with E-state index in [0.717, 1.165) is 24.1 Å². The number of piperidine rings is 1. The predicted octanol–water partition coefficient (Wildman–Crippen LogP) is 4.98. The second-order valence-corrected chi connectivity index (χ2v) is 12.1. The molecule has 2 aromatic carbocycles. The number of rotatable bonds is 8. The van der Waals surface area contributed by atoms with E-state index >= 15 is 0 Å². The predicted molar refractivity (Wildman–Crippen MR) is 156 cm³/mol. The molecule has 2 aliphatic heterocycles. The minimum Gasteiger partial charge on any atom is -0.482 e. The van der Waals surface area contributed by atoms with Gasteiger partial charge in [-0.1, -0.05) is 30.3 Å². The molecular formula is C32H41N3O6. The smallest absolute Gasteiger partial charge is 0.410 e. The summed E-state index contributed by atoms with van der Waals surface area (Å²) in [6.07, 6.45) is 2.79. The summed E-state index contributed by atoms with van der Waals surface area (Å²) in [4.78, 5) is 45.7. The summed E-state index contributed by atoms with van der Waals surface area (Å²) in [6.45, 7) is 7.40. The summed E-state index contributed by atoms with van der Waals surface area (Å²) >= 11 is 0. The molecule has 2 heterocycles. The lowest BCUT2D eigenvalue weighted by Crippen LogP contribution is -2.51. The molecule has 0 N–H and O–H groups in total. The fourth-order valence-corrected chi connectivity index (χ4v) is 5.78. The van der Waals surface area contributed by atoms with Crippen LogP contribution < -0.4 is 14.5 Å². The number of carbonyl (C=O) groups is 3. The van der Waals surface area contributed by atoms with E-state index in [9.17, 15) is 14.4 Å². The van der Waals surface area contributed by atoms with Crippen molar-refractivity contribution >= 4 is 29.3 Å². The average molecular weight is 564 g/mol. The highest BCUT2D eigenvalue weighted by Crippen LogP contribution is 2.42. The average Bonchev–Trinajstić information content (AvgIpc) is 3.79. The second-order valence-electron chi connectivity index (χ2n) is 12.1. The van der Waals surface area contributed by atoms with Crippen LogP contribution in [0, 0.1) is 5.92 Å². The number of carbonyl (C=O) groups excluding carboxylic acids is 3. The van der Waals surface area contributed by atoms with E-state index in [-0.39, 0.29) is 36.9 Å². The normalized spacial score (nSPS) is 20.7. The first kappa shape index (κ1) is 28.9. The van der Waals surface area contributed by atoms with E-state index in [1.807, 2.05) is 62.1 Å². The Morgan fingerprint density at radius 3 is 2.51 bits per heavy atom. The van der Waals surface area contributed by atoms with Crippen molar-refractivity contribution in [1.82, 2.24) is 4.90 Å². The third-order valence-corrected chi connectivity index (χ3v) is 7.85. The molecule has 1 aliphatic carbocycles. The van der Waals surface area contributed by atoms with Crippen LogP contribution in [0.5, 0.6) is 5.75 Å². The molecule has 9 heteroatoms. The number of benzene rings is 2. The molecule has 0 bridgehead atoms. The molecule has 0 unspecified atom stereocenters. The van der Waals surface area contributed by atoms with Crippen LogP contribution in [0.25, 0.3) is 0 Å². The van der Waals surface area contributed by atoms with E-state index < -0.39 is 17.6 Å². The first-order valence-corrected chi connectivity index (χ1v) is 14.6. The highest BCUT2D eigenvalue weighted by atomic mass is 16.6. The first-order chi connectivity index (χ1) is 19.7. The molecule has 2 atom stereocenters. The fraction of sp³-hybridized carbons (Fsp3) is 0.531. The van der Waals surface area contributed by atoms with Gasteiger partial charge in [0.15, 0.2) is 6.61 Å². The van der Waals surface area contributed by atoms with Crippen LogP contribution in [0.1, 0.15) is 57.9 Å². The van der Waals surface area contributed by atoms with Crippen molar-refractivity contribution in [1.29, 1.82) is 0 Å².